The molecule has 0 spiro atoms. The highest BCUT2D eigenvalue weighted by atomic mass is 16.6. The van der Waals surface area contributed by atoms with Gasteiger partial charge in [-0.1, -0.05) is 0 Å². The zero-order chi connectivity index (χ0) is 18.2. The summed E-state index contributed by atoms with van der Waals surface area (Å²) in [6.45, 7) is 9.25. The lowest BCUT2D eigenvalue weighted by Crippen LogP contribution is -2.27. The Labute approximate surface area is 146 Å². The maximum absolute atomic E-state index is 12.2. The van der Waals surface area contributed by atoms with Gasteiger partial charge in [0.15, 0.2) is 0 Å². The third-order valence-corrected chi connectivity index (χ3v) is 3.37. The fraction of sp³-hybridized carbons (Fsp3) is 0.333. The van der Waals surface area contributed by atoms with E-state index in [0.29, 0.717) is 11.3 Å². The Hall–Kier alpha value is -2.96. The number of hydrogen-bond donors (Lipinski definition) is 1. The molecule has 7 heteroatoms. The molecule has 3 rings (SSSR count). The Morgan fingerprint density at radius 1 is 1.16 bits per heavy atom. The summed E-state index contributed by atoms with van der Waals surface area (Å²) < 4.78 is 6.64. The van der Waals surface area contributed by atoms with Crippen LogP contribution in [0, 0.1) is 13.8 Å². The summed E-state index contributed by atoms with van der Waals surface area (Å²) in [5, 5.41) is 8.23. The third-order valence-electron chi connectivity index (χ3n) is 3.37. The van der Waals surface area contributed by atoms with Crippen molar-refractivity contribution < 1.29 is 9.53 Å². The van der Waals surface area contributed by atoms with E-state index in [4.69, 9.17) is 4.74 Å². The van der Waals surface area contributed by atoms with E-state index in [2.05, 4.69) is 20.4 Å². The van der Waals surface area contributed by atoms with Crippen molar-refractivity contribution in [2.45, 2.75) is 40.2 Å². The second kappa shape index (κ2) is 6.16. The third kappa shape index (κ3) is 3.93. The maximum atomic E-state index is 12.2. The summed E-state index contributed by atoms with van der Waals surface area (Å²) in [6, 6.07) is 7.49. The predicted molar refractivity (Wildman–Crippen MR) is 96.2 cm³/mol. The van der Waals surface area contributed by atoms with Gasteiger partial charge in [-0.05, 0) is 52.8 Å². The molecule has 25 heavy (non-hydrogen) atoms. The molecule has 1 N–H and O–H groups in total. The van der Waals surface area contributed by atoms with E-state index in [9.17, 15) is 4.79 Å². The van der Waals surface area contributed by atoms with Crippen molar-refractivity contribution in [1.29, 1.82) is 0 Å². The van der Waals surface area contributed by atoms with Crippen LogP contribution in [0.1, 0.15) is 32.3 Å². The monoisotopic (exact) mass is 339 g/mol. The van der Waals surface area contributed by atoms with Gasteiger partial charge in [0.2, 0.25) is 0 Å². The highest BCUT2D eigenvalue weighted by molar-refractivity contribution is 5.90. The summed E-state index contributed by atoms with van der Waals surface area (Å²) >= 11 is 0. The second-order valence-electron chi connectivity index (χ2n) is 6.88. The highest BCUT2D eigenvalue weighted by Crippen LogP contribution is 2.22. The minimum Gasteiger partial charge on any atom is -0.442 e. The molecule has 0 aliphatic heterocycles. The molecule has 1 aromatic carbocycles. The quantitative estimate of drug-likeness (QED) is 0.761. The summed E-state index contributed by atoms with van der Waals surface area (Å²) in [6.07, 6.45) is 1.14. The molecule has 3 aromatic rings. The van der Waals surface area contributed by atoms with E-state index in [0.717, 1.165) is 22.6 Å². The lowest BCUT2D eigenvalue weighted by atomic mass is 10.2. The number of rotatable bonds is 2. The molecule has 0 radical (unpaired) electrons. The zero-order valence-corrected chi connectivity index (χ0v) is 15.0. The Morgan fingerprint density at radius 2 is 1.92 bits per heavy atom. The SMILES string of the molecule is Cc1cc(Nc2ccc3c(cnn3C(=O)OC(C)(C)C)c2)nc(C)n1. The van der Waals surface area contributed by atoms with Crippen molar-refractivity contribution in [2.24, 2.45) is 0 Å². The van der Waals surface area contributed by atoms with E-state index in [1.165, 1.54) is 4.68 Å². The molecule has 2 aromatic heterocycles. The van der Waals surface area contributed by atoms with Crippen LogP contribution in [0.2, 0.25) is 0 Å². The van der Waals surface area contributed by atoms with E-state index in [-0.39, 0.29) is 0 Å². The highest BCUT2D eigenvalue weighted by Gasteiger charge is 2.20. The molecule has 0 bridgehead atoms. The first-order chi connectivity index (χ1) is 11.7. The molecule has 0 saturated carbocycles. The molecule has 0 unspecified atom stereocenters. The number of carbonyl (C=O) groups is 1. The topological polar surface area (TPSA) is 81.9 Å². The first-order valence-electron chi connectivity index (χ1n) is 8.02. The maximum Gasteiger partial charge on any atom is 0.435 e. The van der Waals surface area contributed by atoms with E-state index >= 15 is 0 Å². The largest absolute Gasteiger partial charge is 0.442 e. The van der Waals surface area contributed by atoms with Crippen LogP contribution in [0.3, 0.4) is 0 Å². The van der Waals surface area contributed by atoms with Gasteiger partial charge >= 0.3 is 6.09 Å². The lowest BCUT2D eigenvalue weighted by molar-refractivity contribution is 0.0522. The van der Waals surface area contributed by atoms with Gasteiger partial charge in [0.25, 0.3) is 0 Å². The van der Waals surface area contributed by atoms with Gasteiger partial charge in [0.05, 0.1) is 11.7 Å². The number of aromatic nitrogens is 4. The number of carbonyl (C=O) groups excluding carboxylic acids is 1. The van der Waals surface area contributed by atoms with E-state index < -0.39 is 11.7 Å². The molecular formula is C18H21N5O2. The Morgan fingerprint density at radius 3 is 2.60 bits per heavy atom. The fourth-order valence-electron chi connectivity index (χ4n) is 2.49. The summed E-state index contributed by atoms with van der Waals surface area (Å²) in [5.41, 5.74) is 1.87. The standard InChI is InChI=1S/C18H21N5O2/c1-11-8-16(21-12(2)20-11)22-14-6-7-15-13(9-14)10-19-23(15)17(24)25-18(3,4)5/h6-10H,1-5H3,(H,20,21,22). The Bertz CT molecular complexity index is 920. The van der Waals surface area contributed by atoms with Crippen molar-refractivity contribution in [3.63, 3.8) is 0 Å². The van der Waals surface area contributed by atoms with E-state index in [1.54, 1.807) is 6.20 Å². The van der Waals surface area contributed by atoms with Gasteiger partial charge in [-0.2, -0.15) is 9.78 Å². The van der Waals surface area contributed by atoms with Gasteiger partial charge in [0.1, 0.15) is 17.2 Å². The van der Waals surface area contributed by atoms with Crippen LogP contribution >= 0.6 is 0 Å². The van der Waals surface area contributed by atoms with Crippen molar-refractivity contribution in [3.8, 4) is 0 Å². The van der Waals surface area contributed by atoms with Crippen molar-refractivity contribution in [2.75, 3.05) is 5.32 Å². The molecular weight excluding hydrogens is 318 g/mol. The molecule has 0 aliphatic carbocycles. The number of nitrogens with zero attached hydrogens (tertiary/aromatic N) is 4. The van der Waals surface area contributed by atoms with Crippen LogP contribution < -0.4 is 5.32 Å². The summed E-state index contributed by atoms with van der Waals surface area (Å²) in [7, 11) is 0. The van der Waals surface area contributed by atoms with Gasteiger partial charge in [-0.25, -0.2) is 14.8 Å². The van der Waals surface area contributed by atoms with Crippen molar-refractivity contribution in [1.82, 2.24) is 19.7 Å². The minimum absolute atomic E-state index is 0.495. The zero-order valence-electron chi connectivity index (χ0n) is 15.0. The molecule has 0 fully saturated rings. The Balaban J connectivity index is 1.88. The van der Waals surface area contributed by atoms with Crippen molar-refractivity contribution >= 4 is 28.5 Å². The number of nitrogens with one attached hydrogen (secondary N) is 1. The predicted octanol–water partition coefficient (Wildman–Crippen LogP) is 3.97. The van der Waals surface area contributed by atoms with Gasteiger partial charge in [-0.3, -0.25) is 0 Å². The van der Waals surface area contributed by atoms with Crippen LogP contribution in [-0.4, -0.2) is 31.4 Å². The smallest absolute Gasteiger partial charge is 0.435 e. The first kappa shape index (κ1) is 16.9. The van der Waals surface area contributed by atoms with Crippen LogP contribution in [-0.2, 0) is 4.74 Å². The molecule has 0 amide bonds. The summed E-state index contributed by atoms with van der Waals surface area (Å²) in [4.78, 5) is 20.9. The number of ether oxygens (including phenoxy) is 1. The summed E-state index contributed by atoms with van der Waals surface area (Å²) in [5.74, 6) is 1.44. The molecule has 130 valence electrons. The number of aryl methyl sites for hydroxylation is 2. The number of fused-ring (bicyclic) bond motifs is 1. The number of anilines is 2. The number of benzene rings is 1. The number of hydrogen-bond acceptors (Lipinski definition) is 6. The van der Waals surface area contributed by atoms with Crippen LogP contribution in [0.4, 0.5) is 16.3 Å². The lowest BCUT2D eigenvalue weighted by Gasteiger charge is -2.19. The van der Waals surface area contributed by atoms with Crippen LogP contribution in [0.15, 0.2) is 30.5 Å². The molecule has 2 heterocycles. The first-order valence-corrected chi connectivity index (χ1v) is 8.02. The molecule has 0 saturated heterocycles. The second-order valence-corrected chi connectivity index (χ2v) is 6.88. The van der Waals surface area contributed by atoms with Crippen molar-refractivity contribution in [3.05, 3.63) is 42.0 Å². The molecule has 0 atom stereocenters. The van der Waals surface area contributed by atoms with Gasteiger partial charge in [-0.15, -0.1) is 0 Å². The molecule has 7 nitrogen and oxygen atoms in total. The Kier molecular flexibility index (Phi) is 4.16. The minimum atomic E-state index is -0.570. The van der Waals surface area contributed by atoms with Crippen LogP contribution in [0.25, 0.3) is 10.9 Å². The normalized spacial score (nSPS) is 11.6. The fourth-order valence-corrected chi connectivity index (χ4v) is 2.49. The van der Waals surface area contributed by atoms with Gasteiger partial charge in [0, 0.05) is 22.8 Å². The molecule has 0 aliphatic rings. The van der Waals surface area contributed by atoms with Crippen LogP contribution in [0.5, 0.6) is 0 Å². The average Bonchev–Trinajstić information content (AvgIpc) is 2.87. The van der Waals surface area contributed by atoms with Gasteiger partial charge < -0.3 is 10.1 Å². The van der Waals surface area contributed by atoms with E-state index in [1.807, 2.05) is 58.9 Å². The average molecular weight is 339 g/mol.